The van der Waals surface area contributed by atoms with Crippen LogP contribution in [0.15, 0.2) is 47.3 Å². The molecule has 0 radical (unpaired) electrons. The number of ether oxygens (including phenoxy) is 2. The molecule has 0 aliphatic heterocycles. The van der Waals surface area contributed by atoms with Gasteiger partial charge >= 0.3 is 0 Å². The number of fused-ring (bicyclic) bond motifs is 1. The van der Waals surface area contributed by atoms with Crippen LogP contribution in [0.5, 0.6) is 11.5 Å². The van der Waals surface area contributed by atoms with Crippen molar-refractivity contribution in [1.29, 1.82) is 0 Å². The van der Waals surface area contributed by atoms with Gasteiger partial charge in [0.2, 0.25) is 0 Å². The van der Waals surface area contributed by atoms with Crippen LogP contribution in [0.25, 0.3) is 10.9 Å². The summed E-state index contributed by atoms with van der Waals surface area (Å²) in [4.78, 5) is 19.6. The molecule has 0 bridgehead atoms. The van der Waals surface area contributed by atoms with E-state index in [1.807, 2.05) is 36.4 Å². The first-order valence-electron chi connectivity index (χ1n) is 10.2. The fourth-order valence-corrected chi connectivity index (χ4v) is 3.04. The molecule has 2 aromatic carbocycles. The smallest absolute Gasteiger partial charge is 0.258 e. The second kappa shape index (κ2) is 10.1. The predicted octanol–water partition coefficient (Wildman–Crippen LogP) is 4.35. The van der Waals surface area contributed by atoms with E-state index >= 15 is 0 Å². The van der Waals surface area contributed by atoms with Crippen molar-refractivity contribution in [3.05, 3.63) is 64.2 Å². The van der Waals surface area contributed by atoms with Gasteiger partial charge in [-0.2, -0.15) is 0 Å². The lowest BCUT2D eigenvalue weighted by molar-refractivity contribution is 0.268. The van der Waals surface area contributed by atoms with Gasteiger partial charge in [0.25, 0.3) is 5.56 Å². The summed E-state index contributed by atoms with van der Waals surface area (Å²) in [6.45, 7) is 8.01. The fraction of sp³-hybridized carbons (Fsp3) is 0.391. The van der Waals surface area contributed by atoms with Crippen LogP contribution in [0.2, 0.25) is 0 Å². The van der Waals surface area contributed by atoms with E-state index in [1.165, 1.54) is 0 Å². The second-order valence-electron chi connectivity index (χ2n) is 7.04. The Hall–Kier alpha value is -2.86. The highest BCUT2D eigenvalue weighted by atomic mass is 16.5. The topological polar surface area (TPSA) is 76.2 Å². The van der Waals surface area contributed by atoms with Gasteiger partial charge in [-0.15, -0.1) is 0 Å². The average Bonchev–Trinajstić information content (AvgIpc) is 2.75. The van der Waals surface area contributed by atoms with Crippen molar-refractivity contribution in [3.8, 4) is 11.5 Å². The summed E-state index contributed by atoms with van der Waals surface area (Å²) < 4.78 is 11.7. The standard InChI is InChI=1S/C23H29N3O3/c1-4-12-28-20-11-10-17(14-21(20)29-13-5-2)16(3)24-15-22-25-19-9-7-6-8-18(19)23(27)26-22/h6-11,14,16,24H,4-5,12-13,15H2,1-3H3,(H,25,26,27)/t16-/m0/s1. The van der Waals surface area contributed by atoms with Gasteiger partial charge in [-0.3, -0.25) is 4.79 Å². The Labute approximate surface area is 171 Å². The third-order valence-electron chi connectivity index (χ3n) is 4.63. The number of rotatable bonds is 10. The van der Waals surface area contributed by atoms with Gasteiger partial charge in [-0.1, -0.05) is 32.0 Å². The number of aromatic amines is 1. The van der Waals surface area contributed by atoms with E-state index in [0.717, 1.165) is 29.9 Å². The van der Waals surface area contributed by atoms with E-state index in [0.29, 0.717) is 36.5 Å². The molecule has 0 saturated heterocycles. The number of H-pyrrole nitrogens is 1. The summed E-state index contributed by atoms with van der Waals surface area (Å²) in [6.07, 6.45) is 1.89. The maximum absolute atomic E-state index is 12.2. The number of benzene rings is 2. The lowest BCUT2D eigenvalue weighted by Crippen LogP contribution is -2.22. The minimum absolute atomic E-state index is 0.0518. The van der Waals surface area contributed by atoms with E-state index in [2.05, 4.69) is 36.1 Å². The van der Waals surface area contributed by atoms with Gasteiger partial charge < -0.3 is 19.8 Å². The average molecular weight is 396 g/mol. The van der Waals surface area contributed by atoms with E-state index in [1.54, 1.807) is 6.07 Å². The monoisotopic (exact) mass is 395 g/mol. The van der Waals surface area contributed by atoms with Crippen molar-refractivity contribution in [1.82, 2.24) is 15.3 Å². The maximum atomic E-state index is 12.2. The lowest BCUT2D eigenvalue weighted by Gasteiger charge is -2.18. The summed E-state index contributed by atoms with van der Waals surface area (Å²) in [6, 6.07) is 13.4. The van der Waals surface area contributed by atoms with Crippen LogP contribution in [0.3, 0.4) is 0 Å². The lowest BCUT2D eigenvalue weighted by atomic mass is 10.1. The third kappa shape index (κ3) is 5.35. The van der Waals surface area contributed by atoms with Gasteiger partial charge in [0, 0.05) is 6.04 Å². The molecule has 29 heavy (non-hydrogen) atoms. The zero-order chi connectivity index (χ0) is 20.6. The van der Waals surface area contributed by atoms with Crippen LogP contribution < -0.4 is 20.3 Å². The molecule has 1 atom stereocenters. The van der Waals surface area contributed by atoms with E-state index in [4.69, 9.17) is 9.47 Å². The van der Waals surface area contributed by atoms with E-state index < -0.39 is 0 Å². The van der Waals surface area contributed by atoms with E-state index in [9.17, 15) is 4.79 Å². The van der Waals surface area contributed by atoms with Crippen molar-refractivity contribution in [2.75, 3.05) is 13.2 Å². The van der Waals surface area contributed by atoms with Gasteiger partial charge in [-0.05, 0) is 49.6 Å². The highest BCUT2D eigenvalue weighted by Crippen LogP contribution is 2.31. The van der Waals surface area contributed by atoms with Crippen LogP contribution in [0.1, 0.15) is 51.0 Å². The SMILES string of the molecule is CCCOc1ccc([C@H](C)NCc2nc3ccccc3c(=O)[nH]2)cc1OCCC. The van der Waals surface area contributed by atoms with Crippen LogP contribution in [0.4, 0.5) is 0 Å². The largest absolute Gasteiger partial charge is 0.490 e. The summed E-state index contributed by atoms with van der Waals surface area (Å²) in [5.41, 5.74) is 1.67. The molecule has 6 heteroatoms. The summed E-state index contributed by atoms with van der Waals surface area (Å²) in [5.74, 6) is 2.16. The minimum atomic E-state index is -0.118. The molecule has 6 nitrogen and oxygen atoms in total. The van der Waals surface area contributed by atoms with Crippen LogP contribution in [-0.4, -0.2) is 23.2 Å². The molecule has 0 saturated carbocycles. The Bertz CT molecular complexity index is 1000. The zero-order valence-electron chi connectivity index (χ0n) is 17.3. The van der Waals surface area contributed by atoms with Crippen molar-refractivity contribution in [2.45, 2.75) is 46.2 Å². The molecular weight excluding hydrogens is 366 g/mol. The van der Waals surface area contributed by atoms with Gasteiger partial charge in [0.15, 0.2) is 11.5 Å². The Morgan fingerprint density at radius 3 is 2.52 bits per heavy atom. The Morgan fingerprint density at radius 2 is 1.76 bits per heavy atom. The number of hydrogen-bond donors (Lipinski definition) is 2. The zero-order valence-corrected chi connectivity index (χ0v) is 17.3. The molecule has 3 aromatic rings. The van der Waals surface area contributed by atoms with Crippen molar-refractivity contribution < 1.29 is 9.47 Å². The third-order valence-corrected chi connectivity index (χ3v) is 4.63. The maximum Gasteiger partial charge on any atom is 0.258 e. The molecule has 3 rings (SSSR count). The first-order valence-corrected chi connectivity index (χ1v) is 10.2. The number of hydrogen-bond acceptors (Lipinski definition) is 5. The highest BCUT2D eigenvalue weighted by Gasteiger charge is 2.12. The molecule has 0 unspecified atom stereocenters. The molecule has 0 fully saturated rings. The number of nitrogens with zero attached hydrogens (tertiary/aromatic N) is 1. The van der Waals surface area contributed by atoms with Crippen molar-refractivity contribution >= 4 is 10.9 Å². The van der Waals surface area contributed by atoms with Gasteiger partial charge in [-0.25, -0.2) is 4.98 Å². The minimum Gasteiger partial charge on any atom is -0.490 e. The molecule has 0 aliphatic rings. The number of aromatic nitrogens is 2. The Balaban J connectivity index is 1.72. The predicted molar refractivity (Wildman–Crippen MR) is 116 cm³/mol. The summed E-state index contributed by atoms with van der Waals surface area (Å²) >= 11 is 0. The van der Waals surface area contributed by atoms with Gasteiger partial charge in [0.05, 0.1) is 30.7 Å². The first-order chi connectivity index (χ1) is 14.1. The number of nitrogens with one attached hydrogen (secondary N) is 2. The quantitative estimate of drug-likeness (QED) is 0.534. The summed E-state index contributed by atoms with van der Waals surface area (Å²) in [7, 11) is 0. The molecule has 0 amide bonds. The molecule has 2 N–H and O–H groups in total. The normalized spacial score (nSPS) is 12.1. The van der Waals surface area contributed by atoms with Crippen LogP contribution in [0, 0.1) is 0 Å². The molecule has 154 valence electrons. The van der Waals surface area contributed by atoms with Gasteiger partial charge in [0.1, 0.15) is 5.82 Å². The van der Waals surface area contributed by atoms with Crippen molar-refractivity contribution in [2.24, 2.45) is 0 Å². The first kappa shape index (κ1) is 20.9. The Morgan fingerprint density at radius 1 is 1.03 bits per heavy atom. The molecular formula is C23H29N3O3. The number of para-hydroxylation sites is 1. The highest BCUT2D eigenvalue weighted by molar-refractivity contribution is 5.77. The Kier molecular flexibility index (Phi) is 7.25. The second-order valence-corrected chi connectivity index (χ2v) is 7.04. The van der Waals surface area contributed by atoms with Crippen molar-refractivity contribution in [3.63, 3.8) is 0 Å². The van der Waals surface area contributed by atoms with Crippen LogP contribution >= 0.6 is 0 Å². The molecule has 0 spiro atoms. The van der Waals surface area contributed by atoms with Crippen LogP contribution in [-0.2, 0) is 6.54 Å². The fourth-order valence-electron chi connectivity index (χ4n) is 3.04. The summed E-state index contributed by atoms with van der Waals surface area (Å²) in [5, 5.41) is 4.03. The van der Waals surface area contributed by atoms with E-state index in [-0.39, 0.29) is 11.6 Å². The molecule has 1 aromatic heterocycles. The molecule has 1 heterocycles. The molecule has 0 aliphatic carbocycles.